The molecule has 2 atom stereocenters. The summed E-state index contributed by atoms with van der Waals surface area (Å²) in [4.78, 5) is 4.14. The van der Waals surface area contributed by atoms with E-state index in [1.807, 2.05) is 0 Å². The zero-order valence-electron chi connectivity index (χ0n) is 10.1. The topological polar surface area (TPSA) is 59.2 Å². The Labute approximate surface area is 90.7 Å². The van der Waals surface area contributed by atoms with Crippen LogP contribution >= 0.6 is 0 Å². The first-order valence-electron chi connectivity index (χ1n) is 5.31. The molecule has 0 aliphatic rings. The molecule has 0 bridgehead atoms. The second kappa shape index (κ2) is 4.31. The Hall–Kier alpha value is -0.900. The monoisotopic (exact) mass is 212 g/mol. The standard InChI is InChI=1S/C11H20N2O2/c1-7(11(3,4)5)6-9-12-10(8(2)14)13-15-9/h7-8,14H,6H2,1-5H3. The minimum atomic E-state index is -0.660. The fourth-order valence-electron chi connectivity index (χ4n) is 1.09. The summed E-state index contributed by atoms with van der Waals surface area (Å²) in [5.74, 6) is 1.43. The molecular formula is C11H20N2O2. The molecule has 0 amide bonds. The molecule has 15 heavy (non-hydrogen) atoms. The van der Waals surface area contributed by atoms with Crippen LogP contribution in [0.2, 0.25) is 0 Å². The Morgan fingerprint density at radius 3 is 2.33 bits per heavy atom. The van der Waals surface area contributed by atoms with Crippen LogP contribution in [0.4, 0.5) is 0 Å². The maximum absolute atomic E-state index is 9.25. The van der Waals surface area contributed by atoms with Gasteiger partial charge in [0, 0.05) is 6.42 Å². The molecule has 0 aromatic carbocycles. The number of hydrogen-bond acceptors (Lipinski definition) is 4. The van der Waals surface area contributed by atoms with Gasteiger partial charge in [-0.1, -0.05) is 32.9 Å². The molecule has 0 spiro atoms. The van der Waals surface area contributed by atoms with Crippen molar-refractivity contribution in [1.82, 2.24) is 10.1 Å². The van der Waals surface area contributed by atoms with Crippen LogP contribution in [-0.4, -0.2) is 15.2 Å². The lowest BCUT2D eigenvalue weighted by molar-refractivity contribution is 0.183. The molecule has 0 saturated heterocycles. The number of hydrogen-bond donors (Lipinski definition) is 1. The van der Waals surface area contributed by atoms with E-state index in [2.05, 4.69) is 37.8 Å². The third-order valence-electron chi connectivity index (χ3n) is 2.82. The van der Waals surface area contributed by atoms with Crippen molar-refractivity contribution in [2.24, 2.45) is 11.3 Å². The molecule has 4 nitrogen and oxygen atoms in total. The van der Waals surface area contributed by atoms with E-state index in [1.165, 1.54) is 0 Å². The first kappa shape index (κ1) is 12.2. The SMILES string of the molecule is CC(O)c1noc(CC(C)C(C)(C)C)n1. The van der Waals surface area contributed by atoms with E-state index in [4.69, 9.17) is 4.52 Å². The minimum absolute atomic E-state index is 0.222. The Kier molecular flexibility index (Phi) is 3.50. The average Bonchev–Trinajstić information content (AvgIpc) is 2.50. The van der Waals surface area contributed by atoms with Gasteiger partial charge in [0.25, 0.3) is 0 Å². The maximum atomic E-state index is 9.25. The summed E-state index contributed by atoms with van der Waals surface area (Å²) in [6.07, 6.45) is 0.0934. The lowest BCUT2D eigenvalue weighted by Crippen LogP contribution is -2.19. The second-order valence-corrected chi connectivity index (χ2v) is 5.19. The van der Waals surface area contributed by atoms with Gasteiger partial charge < -0.3 is 9.63 Å². The van der Waals surface area contributed by atoms with Gasteiger partial charge in [-0.3, -0.25) is 0 Å². The van der Waals surface area contributed by atoms with Crippen molar-refractivity contribution in [3.63, 3.8) is 0 Å². The first-order chi connectivity index (χ1) is 6.80. The van der Waals surface area contributed by atoms with Crippen molar-refractivity contribution in [3.8, 4) is 0 Å². The summed E-state index contributed by atoms with van der Waals surface area (Å²) >= 11 is 0. The number of nitrogens with zero attached hydrogens (tertiary/aromatic N) is 2. The van der Waals surface area contributed by atoms with Crippen molar-refractivity contribution in [2.45, 2.75) is 47.1 Å². The number of aliphatic hydroxyl groups excluding tert-OH is 1. The van der Waals surface area contributed by atoms with Crippen LogP contribution in [0.5, 0.6) is 0 Å². The van der Waals surface area contributed by atoms with Gasteiger partial charge in [0.15, 0.2) is 5.82 Å². The third-order valence-corrected chi connectivity index (χ3v) is 2.82. The van der Waals surface area contributed by atoms with Gasteiger partial charge >= 0.3 is 0 Å². The van der Waals surface area contributed by atoms with Gasteiger partial charge in [0.05, 0.1) is 0 Å². The van der Waals surface area contributed by atoms with Gasteiger partial charge in [-0.2, -0.15) is 4.98 Å². The van der Waals surface area contributed by atoms with Crippen LogP contribution in [0.25, 0.3) is 0 Å². The summed E-state index contributed by atoms with van der Waals surface area (Å²) in [6.45, 7) is 10.3. The summed E-state index contributed by atoms with van der Waals surface area (Å²) in [6, 6.07) is 0. The van der Waals surface area contributed by atoms with E-state index in [1.54, 1.807) is 6.92 Å². The van der Waals surface area contributed by atoms with E-state index in [0.717, 1.165) is 6.42 Å². The minimum Gasteiger partial charge on any atom is -0.385 e. The van der Waals surface area contributed by atoms with Crippen molar-refractivity contribution < 1.29 is 9.63 Å². The summed E-state index contributed by atoms with van der Waals surface area (Å²) in [5, 5.41) is 13.0. The van der Waals surface area contributed by atoms with E-state index in [9.17, 15) is 5.11 Å². The van der Waals surface area contributed by atoms with Crippen LogP contribution in [0.15, 0.2) is 4.52 Å². The van der Waals surface area contributed by atoms with Crippen molar-refractivity contribution in [1.29, 1.82) is 0 Å². The summed E-state index contributed by atoms with van der Waals surface area (Å²) in [5.41, 5.74) is 0.222. The molecule has 0 aliphatic carbocycles. The molecule has 2 unspecified atom stereocenters. The smallest absolute Gasteiger partial charge is 0.227 e. The Morgan fingerprint density at radius 1 is 1.33 bits per heavy atom. The van der Waals surface area contributed by atoms with Gasteiger partial charge in [-0.25, -0.2) is 0 Å². The predicted octanol–water partition coefficient (Wildman–Crippen LogP) is 2.35. The Bertz CT molecular complexity index is 313. The fourth-order valence-corrected chi connectivity index (χ4v) is 1.09. The van der Waals surface area contributed by atoms with E-state index in [-0.39, 0.29) is 5.41 Å². The van der Waals surface area contributed by atoms with E-state index < -0.39 is 6.10 Å². The predicted molar refractivity (Wildman–Crippen MR) is 57.3 cm³/mol. The molecule has 0 fully saturated rings. The van der Waals surface area contributed by atoms with Crippen LogP contribution in [-0.2, 0) is 6.42 Å². The molecule has 86 valence electrons. The zero-order chi connectivity index (χ0) is 11.6. The molecule has 0 aliphatic heterocycles. The Morgan fingerprint density at radius 2 is 1.93 bits per heavy atom. The quantitative estimate of drug-likeness (QED) is 0.835. The number of rotatable bonds is 3. The highest BCUT2D eigenvalue weighted by atomic mass is 16.5. The first-order valence-corrected chi connectivity index (χ1v) is 5.31. The number of aliphatic hydroxyl groups is 1. The van der Waals surface area contributed by atoms with Gasteiger partial charge in [0.2, 0.25) is 5.89 Å². The highest BCUT2D eigenvalue weighted by molar-refractivity contribution is 4.91. The van der Waals surface area contributed by atoms with Crippen LogP contribution in [0, 0.1) is 11.3 Å². The molecule has 4 heteroatoms. The molecule has 0 radical (unpaired) electrons. The molecular weight excluding hydrogens is 192 g/mol. The van der Waals surface area contributed by atoms with Gasteiger partial charge in [-0.05, 0) is 18.3 Å². The number of aromatic nitrogens is 2. The second-order valence-electron chi connectivity index (χ2n) is 5.19. The van der Waals surface area contributed by atoms with Crippen LogP contribution in [0.1, 0.15) is 52.4 Å². The molecule has 1 N–H and O–H groups in total. The van der Waals surface area contributed by atoms with Crippen molar-refractivity contribution in [3.05, 3.63) is 11.7 Å². The molecule has 1 heterocycles. The maximum Gasteiger partial charge on any atom is 0.227 e. The molecule has 1 aromatic heterocycles. The fraction of sp³-hybridized carbons (Fsp3) is 0.818. The normalized spacial score (nSPS) is 16.4. The van der Waals surface area contributed by atoms with Crippen LogP contribution in [0.3, 0.4) is 0 Å². The molecule has 1 aromatic rings. The van der Waals surface area contributed by atoms with Crippen LogP contribution < -0.4 is 0 Å². The summed E-state index contributed by atoms with van der Waals surface area (Å²) in [7, 11) is 0. The van der Waals surface area contributed by atoms with Gasteiger partial charge in [0.1, 0.15) is 6.10 Å². The van der Waals surface area contributed by atoms with E-state index >= 15 is 0 Å². The van der Waals surface area contributed by atoms with Gasteiger partial charge in [-0.15, -0.1) is 0 Å². The van der Waals surface area contributed by atoms with Crippen molar-refractivity contribution >= 4 is 0 Å². The van der Waals surface area contributed by atoms with Crippen molar-refractivity contribution in [2.75, 3.05) is 0 Å². The zero-order valence-corrected chi connectivity index (χ0v) is 10.1. The summed E-state index contributed by atoms with van der Waals surface area (Å²) < 4.78 is 5.07. The highest BCUT2D eigenvalue weighted by Gasteiger charge is 2.23. The molecule has 1 rings (SSSR count). The lowest BCUT2D eigenvalue weighted by atomic mass is 9.80. The largest absolute Gasteiger partial charge is 0.385 e. The van der Waals surface area contributed by atoms with E-state index in [0.29, 0.717) is 17.6 Å². The molecule has 0 saturated carbocycles. The third kappa shape index (κ3) is 3.30. The Balaban J connectivity index is 2.65. The highest BCUT2D eigenvalue weighted by Crippen LogP contribution is 2.28. The average molecular weight is 212 g/mol. The lowest BCUT2D eigenvalue weighted by Gasteiger charge is -2.25.